The van der Waals surface area contributed by atoms with E-state index in [0.29, 0.717) is 33.0 Å². The van der Waals surface area contributed by atoms with Crippen molar-refractivity contribution in [3.63, 3.8) is 0 Å². The highest BCUT2D eigenvalue weighted by Crippen LogP contribution is 2.38. The van der Waals surface area contributed by atoms with Crippen molar-refractivity contribution in [1.29, 1.82) is 0 Å². The molecule has 0 radical (unpaired) electrons. The summed E-state index contributed by atoms with van der Waals surface area (Å²) in [6.45, 7) is 0. The van der Waals surface area contributed by atoms with Crippen molar-refractivity contribution < 1.29 is 14.2 Å². The molecule has 9 heteroatoms. The lowest BCUT2D eigenvalue weighted by Crippen LogP contribution is -2.16. The average Bonchev–Trinajstić information content (AvgIpc) is 3.42. The smallest absolute Gasteiger partial charge is 0.283 e. The number of fused-ring (bicyclic) bond motifs is 1. The lowest BCUT2D eigenvalue weighted by atomic mass is 10.2. The van der Waals surface area contributed by atoms with E-state index in [9.17, 15) is 4.79 Å². The molecule has 0 aliphatic carbocycles. The van der Waals surface area contributed by atoms with Crippen LogP contribution in [0.5, 0.6) is 17.2 Å². The van der Waals surface area contributed by atoms with Gasteiger partial charge in [-0.25, -0.2) is 4.98 Å². The Labute approximate surface area is 174 Å². The van der Waals surface area contributed by atoms with Crippen LogP contribution in [-0.2, 0) is 0 Å². The van der Waals surface area contributed by atoms with Gasteiger partial charge in [0.2, 0.25) is 5.75 Å². The Balaban J connectivity index is 1.77. The van der Waals surface area contributed by atoms with Gasteiger partial charge in [-0.1, -0.05) is 6.07 Å². The van der Waals surface area contributed by atoms with Crippen molar-refractivity contribution >= 4 is 39.1 Å². The van der Waals surface area contributed by atoms with Crippen molar-refractivity contribution in [1.82, 2.24) is 9.66 Å². The fourth-order valence-electron chi connectivity index (χ4n) is 2.92. The predicted octanol–water partition coefficient (Wildman–Crippen LogP) is 4.09. The number of benzene rings is 1. The summed E-state index contributed by atoms with van der Waals surface area (Å²) in [5, 5.41) is 8.82. The van der Waals surface area contributed by atoms with Gasteiger partial charge < -0.3 is 14.2 Å². The minimum atomic E-state index is -0.219. The molecular formula is C20H17N3O4S2. The maximum atomic E-state index is 13.0. The Hall–Kier alpha value is -3.17. The fraction of sp³-hybridized carbons (Fsp3) is 0.150. The molecule has 0 unspecified atom stereocenters. The Morgan fingerprint density at radius 3 is 2.48 bits per heavy atom. The van der Waals surface area contributed by atoms with E-state index in [1.165, 1.54) is 22.3 Å². The quantitative estimate of drug-likeness (QED) is 0.433. The molecule has 4 rings (SSSR count). The summed E-state index contributed by atoms with van der Waals surface area (Å²) in [6.07, 6.45) is 2.98. The van der Waals surface area contributed by atoms with Gasteiger partial charge in [0.05, 0.1) is 32.9 Å². The lowest BCUT2D eigenvalue weighted by molar-refractivity contribution is 0.324. The summed E-state index contributed by atoms with van der Waals surface area (Å²) in [6, 6.07) is 7.45. The van der Waals surface area contributed by atoms with Crippen LogP contribution in [0.4, 0.5) is 0 Å². The first-order valence-electron chi connectivity index (χ1n) is 8.53. The van der Waals surface area contributed by atoms with Crippen molar-refractivity contribution in [2.75, 3.05) is 21.3 Å². The molecule has 0 amide bonds. The SMILES string of the molecule is COc1cc(/C=N/n2cnc3scc(-c4cccs4)c3c2=O)cc(OC)c1OC. The molecular weight excluding hydrogens is 410 g/mol. The second-order valence-electron chi connectivity index (χ2n) is 5.90. The van der Waals surface area contributed by atoms with Crippen LogP contribution in [0.2, 0.25) is 0 Å². The van der Waals surface area contributed by atoms with Gasteiger partial charge >= 0.3 is 0 Å². The van der Waals surface area contributed by atoms with Gasteiger partial charge in [0, 0.05) is 21.4 Å². The summed E-state index contributed by atoms with van der Waals surface area (Å²) in [4.78, 5) is 19.1. The van der Waals surface area contributed by atoms with Crippen molar-refractivity contribution in [2.45, 2.75) is 0 Å². The second kappa shape index (κ2) is 8.06. The number of aromatic nitrogens is 2. The van der Waals surface area contributed by atoms with E-state index in [0.717, 1.165) is 10.4 Å². The lowest BCUT2D eigenvalue weighted by Gasteiger charge is -2.12. The van der Waals surface area contributed by atoms with E-state index in [1.54, 1.807) is 51.0 Å². The van der Waals surface area contributed by atoms with Crippen LogP contribution >= 0.6 is 22.7 Å². The Bertz CT molecular complexity index is 1220. The molecule has 7 nitrogen and oxygen atoms in total. The molecule has 3 heterocycles. The van der Waals surface area contributed by atoms with Crippen molar-refractivity contribution in [2.24, 2.45) is 5.10 Å². The molecule has 4 aromatic rings. The largest absolute Gasteiger partial charge is 0.493 e. The van der Waals surface area contributed by atoms with Crippen molar-refractivity contribution in [3.05, 3.63) is 57.3 Å². The molecule has 0 fully saturated rings. The summed E-state index contributed by atoms with van der Waals surface area (Å²) in [7, 11) is 4.63. The molecule has 0 bridgehead atoms. The zero-order chi connectivity index (χ0) is 20.4. The number of thiophene rings is 2. The van der Waals surface area contributed by atoms with Crippen LogP contribution in [0, 0.1) is 0 Å². The van der Waals surface area contributed by atoms with Crippen LogP contribution in [0.1, 0.15) is 5.56 Å². The number of hydrogen-bond acceptors (Lipinski definition) is 8. The average molecular weight is 428 g/mol. The third kappa shape index (κ3) is 3.50. The van der Waals surface area contributed by atoms with Gasteiger partial charge in [0.15, 0.2) is 11.5 Å². The Morgan fingerprint density at radius 2 is 1.86 bits per heavy atom. The van der Waals surface area contributed by atoms with Gasteiger partial charge in [-0.2, -0.15) is 9.78 Å². The first kappa shape index (κ1) is 19.2. The van der Waals surface area contributed by atoms with E-state index in [1.807, 2.05) is 22.9 Å². The third-order valence-corrected chi connectivity index (χ3v) is 6.07. The monoisotopic (exact) mass is 427 g/mol. The van der Waals surface area contributed by atoms with Gasteiger partial charge in [-0.05, 0) is 23.6 Å². The molecule has 0 spiro atoms. The van der Waals surface area contributed by atoms with Crippen LogP contribution in [0.3, 0.4) is 0 Å². The van der Waals surface area contributed by atoms with Crippen LogP contribution in [0.15, 0.2) is 51.2 Å². The number of rotatable bonds is 6. The van der Waals surface area contributed by atoms with E-state index < -0.39 is 0 Å². The van der Waals surface area contributed by atoms with Crippen LogP contribution in [-0.4, -0.2) is 37.2 Å². The van der Waals surface area contributed by atoms with Gasteiger partial charge in [-0.15, -0.1) is 22.7 Å². The molecule has 0 aliphatic rings. The zero-order valence-electron chi connectivity index (χ0n) is 15.9. The molecule has 1 aromatic carbocycles. The number of ether oxygens (including phenoxy) is 3. The standard InChI is InChI=1S/C20H17N3O4S2/c1-25-14-7-12(8-15(26-2)18(14)27-3)9-22-23-11-21-19-17(20(23)24)13(10-29-19)16-5-4-6-28-16/h4-11H,1-3H3/b22-9+. The summed E-state index contributed by atoms with van der Waals surface area (Å²) >= 11 is 3.03. The maximum Gasteiger partial charge on any atom is 0.283 e. The molecule has 148 valence electrons. The molecule has 0 aliphatic heterocycles. The van der Waals surface area contributed by atoms with E-state index in [-0.39, 0.29) is 5.56 Å². The van der Waals surface area contributed by atoms with E-state index >= 15 is 0 Å². The normalized spacial score (nSPS) is 11.3. The Kier molecular flexibility index (Phi) is 5.32. The second-order valence-corrected chi connectivity index (χ2v) is 7.71. The minimum absolute atomic E-state index is 0.219. The van der Waals surface area contributed by atoms with Crippen LogP contribution < -0.4 is 19.8 Å². The third-order valence-electron chi connectivity index (χ3n) is 4.28. The topological polar surface area (TPSA) is 74.9 Å². The van der Waals surface area contributed by atoms with E-state index in [2.05, 4.69) is 10.1 Å². The zero-order valence-corrected chi connectivity index (χ0v) is 17.5. The molecule has 29 heavy (non-hydrogen) atoms. The molecule has 0 saturated carbocycles. The fourth-order valence-corrected chi connectivity index (χ4v) is 4.64. The number of methoxy groups -OCH3 is 3. The van der Waals surface area contributed by atoms with Gasteiger partial charge in [0.1, 0.15) is 11.2 Å². The molecule has 0 N–H and O–H groups in total. The highest BCUT2D eigenvalue weighted by Gasteiger charge is 2.14. The molecule has 0 atom stereocenters. The molecule has 0 saturated heterocycles. The summed E-state index contributed by atoms with van der Waals surface area (Å²) in [5.41, 5.74) is 1.36. The minimum Gasteiger partial charge on any atom is -0.493 e. The Morgan fingerprint density at radius 1 is 1.10 bits per heavy atom. The van der Waals surface area contributed by atoms with E-state index in [4.69, 9.17) is 14.2 Å². The first-order valence-corrected chi connectivity index (χ1v) is 10.3. The highest BCUT2D eigenvalue weighted by molar-refractivity contribution is 7.18. The maximum absolute atomic E-state index is 13.0. The van der Waals surface area contributed by atoms with Gasteiger partial charge in [-0.3, -0.25) is 4.79 Å². The van der Waals surface area contributed by atoms with Crippen molar-refractivity contribution in [3.8, 4) is 27.7 Å². The van der Waals surface area contributed by atoms with Gasteiger partial charge in [0.25, 0.3) is 5.56 Å². The van der Waals surface area contributed by atoms with Crippen LogP contribution in [0.25, 0.3) is 20.7 Å². The predicted molar refractivity (Wildman–Crippen MR) is 116 cm³/mol. The summed E-state index contributed by atoms with van der Waals surface area (Å²) in [5.74, 6) is 1.50. The molecule has 3 aromatic heterocycles. The number of nitrogens with zero attached hydrogens (tertiary/aromatic N) is 3. The summed E-state index contributed by atoms with van der Waals surface area (Å²) < 4.78 is 17.3. The highest BCUT2D eigenvalue weighted by atomic mass is 32.1. The first-order chi connectivity index (χ1) is 14.2. The number of hydrogen-bond donors (Lipinski definition) is 0.